The van der Waals surface area contributed by atoms with Crippen LogP contribution in [0.15, 0.2) is 29.3 Å². The lowest BCUT2D eigenvalue weighted by Gasteiger charge is -2.22. The molecule has 0 spiro atoms. The van der Waals surface area contributed by atoms with Gasteiger partial charge in [0, 0.05) is 19.7 Å². The molecule has 1 heterocycles. The van der Waals surface area contributed by atoms with Crippen LogP contribution < -0.4 is 15.4 Å². The van der Waals surface area contributed by atoms with E-state index in [-0.39, 0.29) is 29.6 Å². The Morgan fingerprint density at radius 2 is 2.08 bits per heavy atom. The summed E-state index contributed by atoms with van der Waals surface area (Å²) in [5.74, 6) is 1.47. The number of methoxy groups -OCH3 is 1. The second kappa shape index (κ2) is 10.8. The van der Waals surface area contributed by atoms with Crippen LogP contribution in [0.2, 0.25) is 0 Å². The molecule has 0 aliphatic carbocycles. The molecule has 1 fully saturated rings. The standard InChI is InChI=1S/C18H29N3O3.HI/c1-4-19-17(21-13-18(2)10-5-11-24-18)20-12-16(22)14-6-8-15(23-3)9-7-14;/h6-9,16,22H,4-5,10-13H2,1-3H3,(H2,19,20,21);1H. The highest BCUT2D eigenvalue weighted by atomic mass is 127. The Bertz CT molecular complexity index is 531. The minimum Gasteiger partial charge on any atom is -0.497 e. The van der Waals surface area contributed by atoms with E-state index in [9.17, 15) is 5.11 Å². The molecule has 25 heavy (non-hydrogen) atoms. The number of guanidine groups is 1. The predicted octanol–water partition coefficient (Wildman–Crippen LogP) is 2.47. The van der Waals surface area contributed by atoms with Crippen molar-refractivity contribution in [2.75, 3.05) is 33.4 Å². The first kappa shape index (κ1) is 22.0. The van der Waals surface area contributed by atoms with Crippen LogP contribution in [0.25, 0.3) is 0 Å². The first-order valence-electron chi connectivity index (χ1n) is 8.54. The van der Waals surface area contributed by atoms with E-state index in [0.717, 1.165) is 37.3 Å². The number of rotatable bonds is 7. The van der Waals surface area contributed by atoms with Crippen LogP contribution in [0.4, 0.5) is 0 Å². The lowest BCUT2D eigenvalue weighted by Crippen LogP contribution is -2.41. The van der Waals surface area contributed by atoms with Crippen molar-refractivity contribution in [2.24, 2.45) is 4.99 Å². The van der Waals surface area contributed by atoms with Gasteiger partial charge in [-0.1, -0.05) is 12.1 Å². The van der Waals surface area contributed by atoms with Crippen LogP contribution in [-0.4, -0.2) is 50.0 Å². The number of hydrogen-bond acceptors (Lipinski definition) is 4. The Balaban J connectivity index is 0.00000312. The number of aliphatic hydroxyl groups excluding tert-OH is 1. The molecule has 2 atom stereocenters. The summed E-state index contributed by atoms with van der Waals surface area (Å²) in [7, 11) is 1.63. The molecule has 0 aromatic heterocycles. The van der Waals surface area contributed by atoms with E-state index in [2.05, 4.69) is 22.5 Å². The van der Waals surface area contributed by atoms with Gasteiger partial charge in [-0.05, 0) is 44.4 Å². The fourth-order valence-corrected chi connectivity index (χ4v) is 2.69. The highest BCUT2D eigenvalue weighted by Gasteiger charge is 2.29. The zero-order chi connectivity index (χ0) is 17.4. The van der Waals surface area contributed by atoms with Crippen LogP contribution in [0.5, 0.6) is 5.75 Å². The Morgan fingerprint density at radius 1 is 1.36 bits per heavy atom. The van der Waals surface area contributed by atoms with Gasteiger partial charge in [0.1, 0.15) is 5.75 Å². The molecule has 0 radical (unpaired) electrons. The van der Waals surface area contributed by atoms with Gasteiger partial charge >= 0.3 is 0 Å². The third-order valence-corrected chi connectivity index (χ3v) is 4.18. The molecule has 7 heteroatoms. The van der Waals surface area contributed by atoms with Crippen LogP contribution in [0.1, 0.15) is 38.4 Å². The first-order valence-corrected chi connectivity index (χ1v) is 8.54. The van der Waals surface area contributed by atoms with Crippen molar-refractivity contribution in [2.45, 2.75) is 38.4 Å². The lowest BCUT2D eigenvalue weighted by atomic mass is 10.0. The summed E-state index contributed by atoms with van der Waals surface area (Å²) in [6, 6.07) is 7.41. The second-order valence-corrected chi connectivity index (χ2v) is 6.27. The summed E-state index contributed by atoms with van der Waals surface area (Å²) >= 11 is 0. The molecule has 1 aliphatic heterocycles. The molecule has 2 unspecified atom stereocenters. The zero-order valence-corrected chi connectivity index (χ0v) is 17.6. The second-order valence-electron chi connectivity index (χ2n) is 6.27. The van der Waals surface area contributed by atoms with E-state index < -0.39 is 6.10 Å². The molecule has 0 bridgehead atoms. The number of ether oxygens (including phenoxy) is 2. The Hall–Kier alpha value is -1.06. The van der Waals surface area contributed by atoms with Gasteiger partial charge in [-0.3, -0.25) is 4.99 Å². The number of nitrogens with one attached hydrogen (secondary N) is 2. The van der Waals surface area contributed by atoms with E-state index in [1.54, 1.807) is 7.11 Å². The highest BCUT2D eigenvalue weighted by Crippen LogP contribution is 2.25. The highest BCUT2D eigenvalue weighted by molar-refractivity contribution is 14.0. The van der Waals surface area contributed by atoms with E-state index >= 15 is 0 Å². The largest absolute Gasteiger partial charge is 0.497 e. The number of benzene rings is 1. The van der Waals surface area contributed by atoms with Crippen molar-refractivity contribution in [1.82, 2.24) is 10.6 Å². The predicted molar refractivity (Wildman–Crippen MR) is 111 cm³/mol. The quantitative estimate of drug-likeness (QED) is 0.329. The lowest BCUT2D eigenvalue weighted by molar-refractivity contribution is 0.0283. The van der Waals surface area contributed by atoms with Gasteiger partial charge in [0.2, 0.25) is 0 Å². The minimum absolute atomic E-state index is 0. The summed E-state index contributed by atoms with van der Waals surface area (Å²) in [6.07, 6.45) is 1.51. The Labute approximate surface area is 167 Å². The summed E-state index contributed by atoms with van der Waals surface area (Å²) in [5, 5.41) is 16.7. The fourth-order valence-electron chi connectivity index (χ4n) is 2.69. The van der Waals surface area contributed by atoms with Gasteiger partial charge in [0.15, 0.2) is 5.96 Å². The van der Waals surface area contributed by atoms with Gasteiger partial charge in [0.05, 0.1) is 25.4 Å². The molecular formula is C18H30IN3O3. The average Bonchev–Trinajstić information content (AvgIpc) is 3.04. The van der Waals surface area contributed by atoms with Crippen LogP contribution in [0.3, 0.4) is 0 Å². The van der Waals surface area contributed by atoms with Crippen LogP contribution in [-0.2, 0) is 4.74 Å². The number of nitrogens with zero attached hydrogens (tertiary/aromatic N) is 1. The molecule has 1 aromatic carbocycles. The Kier molecular flexibility index (Phi) is 9.52. The minimum atomic E-state index is -0.613. The van der Waals surface area contributed by atoms with Crippen molar-refractivity contribution in [3.63, 3.8) is 0 Å². The number of halogens is 1. The van der Waals surface area contributed by atoms with E-state index in [4.69, 9.17) is 9.47 Å². The van der Waals surface area contributed by atoms with Crippen molar-refractivity contribution in [3.05, 3.63) is 29.8 Å². The zero-order valence-electron chi connectivity index (χ0n) is 15.2. The topological polar surface area (TPSA) is 75.1 Å². The van der Waals surface area contributed by atoms with E-state index in [1.165, 1.54) is 0 Å². The van der Waals surface area contributed by atoms with E-state index in [0.29, 0.717) is 19.0 Å². The maximum absolute atomic E-state index is 10.3. The van der Waals surface area contributed by atoms with Gasteiger partial charge in [-0.25, -0.2) is 0 Å². The number of hydrogen-bond donors (Lipinski definition) is 3. The molecule has 6 nitrogen and oxygen atoms in total. The summed E-state index contributed by atoms with van der Waals surface area (Å²) < 4.78 is 10.9. The van der Waals surface area contributed by atoms with Crippen molar-refractivity contribution in [1.29, 1.82) is 0 Å². The van der Waals surface area contributed by atoms with Crippen molar-refractivity contribution < 1.29 is 14.6 Å². The monoisotopic (exact) mass is 463 g/mol. The molecule has 1 aliphatic rings. The normalized spacial score (nSPS) is 21.4. The molecule has 1 aromatic rings. The van der Waals surface area contributed by atoms with Crippen molar-refractivity contribution in [3.8, 4) is 5.75 Å². The van der Waals surface area contributed by atoms with Gasteiger partial charge in [-0.15, -0.1) is 24.0 Å². The molecule has 0 saturated carbocycles. The van der Waals surface area contributed by atoms with Gasteiger partial charge in [-0.2, -0.15) is 0 Å². The van der Waals surface area contributed by atoms with Gasteiger partial charge in [0.25, 0.3) is 0 Å². The SMILES string of the molecule is CCNC(=NCC1(C)CCCO1)NCC(O)c1ccc(OC)cc1.I. The average molecular weight is 463 g/mol. The smallest absolute Gasteiger partial charge is 0.191 e. The fraction of sp³-hybridized carbons (Fsp3) is 0.611. The maximum Gasteiger partial charge on any atom is 0.191 e. The third-order valence-electron chi connectivity index (χ3n) is 4.18. The van der Waals surface area contributed by atoms with Crippen LogP contribution >= 0.6 is 24.0 Å². The number of aliphatic imine (C=N–C) groups is 1. The molecule has 1 saturated heterocycles. The third kappa shape index (κ3) is 6.99. The summed E-state index contributed by atoms with van der Waals surface area (Å²) in [5.41, 5.74) is 0.668. The molecule has 142 valence electrons. The maximum atomic E-state index is 10.3. The van der Waals surface area contributed by atoms with Crippen LogP contribution in [0, 0.1) is 0 Å². The summed E-state index contributed by atoms with van der Waals surface area (Å²) in [4.78, 5) is 4.60. The van der Waals surface area contributed by atoms with Crippen molar-refractivity contribution >= 4 is 29.9 Å². The van der Waals surface area contributed by atoms with Gasteiger partial charge < -0.3 is 25.2 Å². The molecule has 2 rings (SSSR count). The molecule has 0 amide bonds. The first-order chi connectivity index (χ1) is 11.6. The molecular weight excluding hydrogens is 433 g/mol. The summed E-state index contributed by atoms with van der Waals surface area (Å²) in [6.45, 7) is 6.69. The van der Waals surface area contributed by atoms with E-state index in [1.807, 2.05) is 31.2 Å². The molecule has 3 N–H and O–H groups in total. The Morgan fingerprint density at radius 3 is 2.64 bits per heavy atom. The number of aliphatic hydroxyl groups is 1.